The van der Waals surface area contributed by atoms with Gasteiger partial charge in [0.2, 0.25) is 0 Å². The fraction of sp³-hybridized carbons (Fsp3) is 0.409. The van der Waals surface area contributed by atoms with Gasteiger partial charge in [0.15, 0.2) is 0 Å². The van der Waals surface area contributed by atoms with E-state index in [9.17, 15) is 17.6 Å². The summed E-state index contributed by atoms with van der Waals surface area (Å²) >= 11 is 0. The molecule has 2 N–H and O–H groups in total. The van der Waals surface area contributed by atoms with Gasteiger partial charge < -0.3 is 10.1 Å². The number of hydrogen-bond donors (Lipinski definition) is 2. The van der Waals surface area contributed by atoms with Crippen LogP contribution in [0.3, 0.4) is 0 Å². The van der Waals surface area contributed by atoms with Crippen LogP contribution >= 0.6 is 0 Å². The van der Waals surface area contributed by atoms with Crippen LogP contribution in [0.25, 0.3) is 5.69 Å². The molecule has 11 heteroatoms. The molecular weight excluding hydrogens is 440 g/mol. The lowest BCUT2D eigenvalue weighted by molar-refractivity contribution is -0.146. The molecule has 0 bridgehead atoms. The van der Waals surface area contributed by atoms with Crippen molar-refractivity contribution in [3.8, 4) is 5.69 Å². The summed E-state index contributed by atoms with van der Waals surface area (Å²) in [6.07, 6.45) is -3.65. The Kier molecular flexibility index (Phi) is 7.31. The van der Waals surface area contributed by atoms with Crippen LogP contribution in [-0.2, 0) is 10.9 Å². The van der Waals surface area contributed by atoms with Gasteiger partial charge in [-0.05, 0) is 53.1 Å². The Morgan fingerprint density at radius 2 is 1.97 bits per heavy atom. The summed E-state index contributed by atoms with van der Waals surface area (Å²) < 4.78 is 59.1. The third-order valence-corrected chi connectivity index (χ3v) is 5.48. The monoisotopic (exact) mass is 464 g/mol. The van der Waals surface area contributed by atoms with Crippen molar-refractivity contribution in [3.05, 3.63) is 71.5 Å². The molecule has 3 aromatic rings. The molecule has 1 aliphatic rings. The molecule has 2 heterocycles. The van der Waals surface area contributed by atoms with Crippen LogP contribution in [0.1, 0.15) is 42.1 Å². The number of halogens is 4. The second-order valence-corrected chi connectivity index (χ2v) is 7.70. The maximum absolute atomic E-state index is 13.3. The second-order valence-electron chi connectivity index (χ2n) is 7.70. The highest BCUT2D eigenvalue weighted by molar-refractivity contribution is 5.37. The number of ether oxygens (including phenoxy) is 1. The first-order valence-electron chi connectivity index (χ1n) is 10.6. The molecule has 3 atom stereocenters. The SMILES string of the molecule is FCCOC(N[C@H]1CCCN[C@H]1c1ccccc1)c1cccc(-n2nnnc2C(F)(F)F)c1. The lowest BCUT2D eigenvalue weighted by Gasteiger charge is -2.36. The Morgan fingerprint density at radius 3 is 2.73 bits per heavy atom. The van der Waals surface area contributed by atoms with Gasteiger partial charge in [0.25, 0.3) is 5.82 Å². The number of benzene rings is 2. The molecule has 1 aromatic heterocycles. The quantitative estimate of drug-likeness (QED) is 0.391. The first-order chi connectivity index (χ1) is 16.0. The third kappa shape index (κ3) is 5.55. The summed E-state index contributed by atoms with van der Waals surface area (Å²) in [5.74, 6) is -1.23. The standard InChI is InChI=1S/C22H24F4N6O/c23-11-13-33-20(28-18-10-5-12-27-19(18)15-6-2-1-3-7-15)16-8-4-9-17(14-16)32-21(22(24,25)26)29-30-31-32/h1-4,6-9,14,18-20,27-28H,5,10-13H2/t18-,19-,20?/m0/s1. The second kappa shape index (κ2) is 10.4. The predicted octanol–water partition coefficient (Wildman–Crippen LogP) is 3.75. The number of aromatic nitrogens is 4. The normalized spacial score (nSPS) is 20.0. The van der Waals surface area contributed by atoms with Crippen molar-refractivity contribution in [1.82, 2.24) is 30.8 Å². The molecule has 33 heavy (non-hydrogen) atoms. The average molecular weight is 464 g/mol. The molecule has 0 radical (unpaired) electrons. The van der Waals surface area contributed by atoms with E-state index in [1.807, 2.05) is 30.3 Å². The van der Waals surface area contributed by atoms with Gasteiger partial charge in [0.05, 0.1) is 12.3 Å². The molecule has 1 unspecified atom stereocenters. The number of tetrazole rings is 1. The van der Waals surface area contributed by atoms with Gasteiger partial charge in [0.1, 0.15) is 12.9 Å². The zero-order chi connectivity index (χ0) is 23.3. The van der Waals surface area contributed by atoms with Crippen molar-refractivity contribution in [2.24, 2.45) is 0 Å². The summed E-state index contributed by atoms with van der Waals surface area (Å²) in [5.41, 5.74) is 1.78. The molecule has 0 saturated carbocycles. The molecule has 4 rings (SSSR count). The van der Waals surface area contributed by atoms with E-state index in [1.165, 1.54) is 12.1 Å². The van der Waals surface area contributed by atoms with Crippen LogP contribution in [0.5, 0.6) is 0 Å². The molecule has 7 nitrogen and oxygen atoms in total. The van der Waals surface area contributed by atoms with Gasteiger partial charge in [-0.2, -0.15) is 17.9 Å². The van der Waals surface area contributed by atoms with E-state index < -0.39 is 24.9 Å². The molecule has 0 spiro atoms. The number of nitrogens with one attached hydrogen (secondary N) is 2. The van der Waals surface area contributed by atoms with E-state index in [0.29, 0.717) is 10.2 Å². The topological polar surface area (TPSA) is 76.9 Å². The number of nitrogens with zero attached hydrogens (tertiary/aromatic N) is 4. The van der Waals surface area contributed by atoms with Crippen molar-refractivity contribution in [1.29, 1.82) is 0 Å². The highest BCUT2D eigenvalue weighted by Gasteiger charge is 2.38. The van der Waals surface area contributed by atoms with Crippen LogP contribution in [0, 0.1) is 0 Å². The summed E-state index contributed by atoms with van der Waals surface area (Å²) in [6, 6.07) is 16.2. The Hall–Kier alpha value is -2.89. The number of alkyl halides is 4. The fourth-order valence-electron chi connectivity index (χ4n) is 4.03. The van der Waals surface area contributed by atoms with Crippen LogP contribution in [0.2, 0.25) is 0 Å². The van der Waals surface area contributed by atoms with Crippen LogP contribution in [0.15, 0.2) is 54.6 Å². The van der Waals surface area contributed by atoms with Crippen molar-refractivity contribution < 1.29 is 22.3 Å². The molecule has 1 fully saturated rings. The summed E-state index contributed by atoms with van der Waals surface area (Å²) in [7, 11) is 0. The number of piperidine rings is 1. The third-order valence-electron chi connectivity index (χ3n) is 5.48. The molecular formula is C22H24F4N6O. The molecule has 0 amide bonds. The minimum Gasteiger partial charge on any atom is -0.356 e. The van der Waals surface area contributed by atoms with Gasteiger partial charge in [-0.1, -0.05) is 42.5 Å². The largest absolute Gasteiger partial charge is 0.453 e. The minimum absolute atomic E-state index is 0.0101. The van der Waals surface area contributed by atoms with Crippen LogP contribution < -0.4 is 10.6 Å². The zero-order valence-corrected chi connectivity index (χ0v) is 17.7. The Labute approximate surface area is 188 Å². The Balaban J connectivity index is 1.61. The Bertz CT molecular complexity index is 1030. The molecule has 2 aromatic carbocycles. The number of rotatable bonds is 8. The van der Waals surface area contributed by atoms with Crippen molar-refractivity contribution in [3.63, 3.8) is 0 Å². The van der Waals surface area contributed by atoms with Gasteiger partial charge in [-0.15, -0.1) is 5.10 Å². The Morgan fingerprint density at radius 1 is 1.15 bits per heavy atom. The minimum atomic E-state index is -4.71. The van der Waals surface area contributed by atoms with Gasteiger partial charge in [-0.25, -0.2) is 4.39 Å². The van der Waals surface area contributed by atoms with Crippen LogP contribution in [0.4, 0.5) is 17.6 Å². The summed E-state index contributed by atoms with van der Waals surface area (Å²) in [4.78, 5) is 0. The van der Waals surface area contributed by atoms with Crippen molar-refractivity contribution >= 4 is 0 Å². The van der Waals surface area contributed by atoms with E-state index in [2.05, 4.69) is 26.2 Å². The van der Waals surface area contributed by atoms with E-state index in [1.54, 1.807) is 12.1 Å². The smallest absolute Gasteiger partial charge is 0.356 e. The van der Waals surface area contributed by atoms with Gasteiger partial charge in [0, 0.05) is 12.1 Å². The van der Waals surface area contributed by atoms with Gasteiger partial charge in [-0.3, -0.25) is 5.32 Å². The van der Waals surface area contributed by atoms with E-state index in [-0.39, 0.29) is 24.4 Å². The lowest BCUT2D eigenvalue weighted by Crippen LogP contribution is -2.47. The van der Waals surface area contributed by atoms with Crippen LogP contribution in [-0.4, -0.2) is 46.1 Å². The predicted molar refractivity (Wildman–Crippen MR) is 112 cm³/mol. The highest BCUT2D eigenvalue weighted by atomic mass is 19.4. The van der Waals surface area contributed by atoms with Crippen molar-refractivity contribution in [2.75, 3.05) is 19.8 Å². The molecule has 176 valence electrons. The molecule has 1 aliphatic heterocycles. The average Bonchev–Trinajstić information content (AvgIpc) is 3.34. The lowest BCUT2D eigenvalue weighted by atomic mass is 9.92. The molecule has 0 aliphatic carbocycles. The summed E-state index contributed by atoms with van der Waals surface area (Å²) in [6.45, 7) is 0.0214. The maximum Gasteiger partial charge on any atom is 0.453 e. The fourth-order valence-corrected chi connectivity index (χ4v) is 4.03. The maximum atomic E-state index is 13.3. The van der Waals surface area contributed by atoms with Gasteiger partial charge >= 0.3 is 6.18 Å². The molecule has 1 saturated heterocycles. The van der Waals surface area contributed by atoms with E-state index in [4.69, 9.17) is 4.74 Å². The highest BCUT2D eigenvalue weighted by Crippen LogP contribution is 2.30. The number of hydrogen-bond acceptors (Lipinski definition) is 6. The first kappa shape index (κ1) is 23.3. The first-order valence-corrected chi connectivity index (χ1v) is 10.6. The van der Waals surface area contributed by atoms with E-state index >= 15 is 0 Å². The summed E-state index contributed by atoms with van der Waals surface area (Å²) in [5, 5.41) is 16.7. The van der Waals surface area contributed by atoms with E-state index in [0.717, 1.165) is 24.9 Å². The zero-order valence-electron chi connectivity index (χ0n) is 17.7. The van der Waals surface area contributed by atoms with Crippen molar-refractivity contribution in [2.45, 2.75) is 37.3 Å².